The van der Waals surface area contributed by atoms with Gasteiger partial charge < -0.3 is 4.52 Å². The third-order valence-corrected chi connectivity index (χ3v) is 3.84. The number of H-pyrrole nitrogens is 1. The van der Waals surface area contributed by atoms with Gasteiger partial charge in [0.2, 0.25) is 0 Å². The molecule has 2 heterocycles. The highest BCUT2D eigenvalue weighted by Crippen LogP contribution is 2.24. The van der Waals surface area contributed by atoms with Gasteiger partial charge in [0.1, 0.15) is 11.4 Å². The maximum absolute atomic E-state index is 11.2. The lowest BCUT2D eigenvalue weighted by atomic mass is 10.1. The molecule has 0 unspecified atom stereocenters. The van der Waals surface area contributed by atoms with Crippen molar-refractivity contribution in [2.75, 3.05) is 6.26 Å². The van der Waals surface area contributed by atoms with Gasteiger partial charge in [-0.25, -0.2) is 8.42 Å². The van der Waals surface area contributed by atoms with Gasteiger partial charge in [0.15, 0.2) is 15.7 Å². The fraction of sp³-hybridized carbons (Fsp3) is 0.154. The number of nitrogens with one attached hydrogen (secondary N) is 1. The lowest BCUT2D eigenvalue weighted by molar-refractivity contribution is 0.423. The highest BCUT2D eigenvalue weighted by atomic mass is 35.5. The summed E-state index contributed by atoms with van der Waals surface area (Å²) >= 11 is 5.85. The first-order valence-electron chi connectivity index (χ1n) is 6.23. The van der Waals surface area contributed by atoms with Crippen LogP contribution in [0.2, 0.25) is 5.02 Å². The second kappa shape index (κ2) is 5.54. The second-order valence-electron chi connectivity index (χ2n) is 4.76. The van der Waals surface area contributed by atoms with Gasteiger partial charge in [0, 0.05) is 16.8 Å². The fourth-order valence-electron chi connectivity index (χ4n) is 1.86. The molecule has 0 radical (unpaired) electrons. The predicted octanol–water partition coefficient (Wildman–Crippen LogP) is 2.32. The standard InChI is InChI=1S/C13H11ClN4O3S/c1-22(19,20)7-12-15-13(21-18-12)11-6-10(16-17-11)8-2-4-9(14)5-3-8/h2-6H,7H2,1H3,(H,16,17). The van der Waals surface area contributed by atoms with E-state index >= 15 is 0 Å². The lowest BCUT2D eigenvalue weighted by Crippen LogP contribution is -2.02. The topological polar surface area (TPSA) is 102 Å². The average Bonchev–Trinajstić information content (AvgIpc) is 3.06. The number of halogens is 1. The largest absolute Gasteiger partial charge is 0.332 e. The van der Waals surface area contributed by atoms with Gasteiger partial charge in [-0.05, 0) is 18.2 Å². The Labute approximate surface area is 131 Å². The smallest absolute Gasteiger partial charge is 0.275 e. The number of hydrogen-bond donors (Lipinski definition) is 1. The molecule has 0 atom stereocenters. The highest BCUT2D eigenvalue weighted by Gasteiger charge is 2.15. The number of benzene rings is 1. The van der Waals surface area contributed by atoms with Crippen LogP contribution in [0.3, 0.4) is 0 Å². The Kier molecular flexibility index (Phi) is 3.71. The van der Waals surface area contributed by atoms with Crippen LogP contribution in [0.4, 0.5) is 0 Å². The van der Waals surface area contributed by atoms with E-state index in [0.717, 1.165) is 11.8 Å². The van der Waals surface area contributed by atoms with Crippen LogP contribution in [0.5, 0.6) is 0 Å². The number of hydrogen-bond acceptors (Lipinski definition) is 6. The molecule has 7 nitrogen and oxygen atoms in total. The van der Waals surface area contributed by atoms with Gasteiger partial charge in [0.05, 0.1) is 5.69 Å². The molecule has 0 bridgehead atoms. The van der Waals surface area contributed by atoms with Crippen molar-refractivity contribution in [2.24, 2.45) is 0 Å². The van der Waals surface area contributed by atoms with Crippen LogP contribution in [0, 0.1) is 0 Å². The molecule has 3 rings (SSSR count). The molecule has 0 spiro atoms. The third kappa shape index (κ3) is 3.34. The van der Waals surface area contributed by atoms with Gasteiger partial charge in [-0.2, -0.15) is 10.1 Å². The Hall–Kier alpha value is -2.19. The molecule has 0 aliphatic rings. The number of aromatic amines is 1. The molecule has 0 saturated heterocycles. The van der Waals surface area contributed by atoms with E-state index in [0.29, 0.717) is 16.4 Å². The molecule has 1 aromatic carbocycles. The van der Waals surface area contributed by atoms with E-state index in [1.807, 2.05) is 12.1 Å². The van der Waals surface area contributed by atoms with E-state index in [9.17, 15) is 8.42 Å². The predicted molar refractivity (Wildman–Crippen MR) is 80.9 cm³/mol. The molecule has 9 heteroatoms. The highest BCUT2D eigenvalue weighted by molar-refractivity contribution is 7.89. The zero-order valence-electron chi connectivity index (χ0n) is 11.4. The van der Waals surface area contributed by atoms with E-state index in [1.54, 1.807) is 18.2 Å². The first-order chi connectivity index (χ1) is 10.4. The van der Waals surface area contributed by atoms with Crippen molar-refractivity contribution in [1.82, 2.24) is 20.3 Å². The summed E-state index contributed by atoms with van der Waals surface area (Å²) in [5.74, 6) is 0.0285. The van der Waals surface area contributed by atoms with Crippen molar-refractivity contribution >= 4 is 21.4 Å². The third-order valence-electron chi connectivity index (χ3n) is 2.81. The zero-order valence-corrected chi connectivity index (χ0v) is 13.0. The van der Waals surface area contributed by atoms with Crippen molar-refractivity contribution < 1.29 is 12.9 Å². The quantitative estimate of drug-likeness (QED) is 0.783. The van der Waals surface area contributed by atoms with Gasteiger partial charge in [-0.15, -0.1) is 0 Å². The molecule has 1 N–H and O–H groups in total. The van der Waals surface area contributed by atoms with Crippen molar-refractivity contribution in [1.29, 1.82) is 0 Å². The molecule has 2 aromatic heterocycles. The Morgan fingerprint density at radius 1 is 1.27 bits per heavy atom. The van der Waals surface area contributed by atoms with Crippen molar-refractivity contribution in [3.63, 3.8) is 0 Å². The molecule has 22 heavy (non-hydrogen) atoms. The maximum Gasteiger partial charge on any atom is 0.275 e. The molecule has 3 aromatic rings. The van der Waals surface area contributed by atoms with E-state index in [4.69, 9.17) is 16.1 Å². The minimum absolute atomic E-state index is 0.111. The van der Waals surface area contributed by atoms with E-state index in [2.05, 4.69) is 20.3 Å². The second-order valence-corrected chi connectivity index (χ2v) is 7.34. The average molecular weight is 339 g/mol. The fourth-order valence-corrected chi connectivity index (χ4v) is 2.57. The van der Waals surface area contributed by atoms with Crippen LogP contribution in [-0.2, 0) is 15.6 Å². The Morgan fingerprint density at radius 3 is 2.68 bits per heavy atom. The Morgan fingerprint density at radius 2 is 2.00 bits per heavy atom. The number of aromatic nitrogens is 4. The lowest BCUT2D eigenvalue weighted by Gasteiger charge is -1.94. The molecule has 0 fully saturated rings. The SMILES string of the molecule is CS(=O)(=O)Cc1noc(-c2cc(-c3ccc(Cl)cc3)n[nH]2)n1. The Balaban J connectivity index is 1.86. The van der Waals surface area contributed by atoms with E-state index in [-0.39, 0.29) is 17.5 Å². The van der Waals surface area contributed by atoms with Crippen molar-refractivity contribution in [3.8, 4) is 22.8 Å². The summed E-state index contributed by atoms with van der Waals surface area (Å²) in [4.78, 5) is 4.04. The zero-order chi connectivity index (χ0) is 15.7. The Bertz CT molecular complexity index is 900. The van der Waals surface area contributed by atoms with E-state index < -0.39 is 9.84 Å². The van der Waals surface area contributed by atoms with Gasteiger partial charge in [0.25, 0.3) is 5.89 Å². The summed E-state index contributed by atoms with van der Waals surface area (Å²) in [5, 5.41) is 11.2. The molecule has 114 valence electrons. The van der Waals surface area contributed by atoms with Crippen LogP contribution in [0.15, 0.2) is 34.9 Å². The molecule has 0 amide bonds. The summed E-state index contributed by atoms with van der Waals surface area (Å²) in [6.07, 6.45) is 1.11. The van der Waals surface area contributed by atoms with Crippen LogP contribution in [0.25, 0.3) is 22.8 Å². The molecule has 0 aliphatic carbocycles. The van der Waals surface area contributed by atoms with Crippen LogP contribution < -0.4 is 0 Å². The number of nitrogens with zero attached hydrogens (tertiary/aromatic N) is 3. The summed E-state index contributed by atoms with van der Waals surface area (Å²) in [6, 6.07) is 8.95. The van der Waals surface area contributed by atoms with Crippen LogP contribution >= 0.6 is 11.6 Å². The summed E-state index contributed by atoms with van der Waals surface area (Å²) in [7, 11) is -3.21. The monoisotopic (exact) mass is 338 g/mol. The molecular weight excluding hydrogens is 328 g/mol. The molecule has 0 aliphatic heterocycles. The normalized spacial score (nSPS) is 11.7. The van der Waals surface area contributed by atoms with Crippen molar-refractivity contribution in [3.05, 3.63) is 41.2 Å². The maximum atomic E-state index is 11.2. The minimum Gasteiger partial charge on any atom is -0.332 e. The van der Waals surface area contributed by atoms with Crippen LogP contribution in [0.1, 0.15) is 5.82 Å². The minimum atomic E-state index is -3.21. The molecule has 0 saturated carbocycles. The van der Waals surface area contributed by atoms with Gasteiger partial charge in [-0.3, -0.25) is 5.10 Å². The van der Waals surface area contributed by atoms with Gasteiger partial charge >= 0.3 is 0 Å². The first-order valence-corrected chi connectivity index (χ1v) is 8.66. The molecular formula is C13H11ClN4O3S. The summed E-state index contributed by atoms with van der Waals surface area (Å²) in [6.45, 7) is 0. The van der Waals surface area contributed by atoms with Gasteiger partial charge in [-0.1, -0.05) is 28.9 Å². The van der Waals surface area contributed by atoms with Crippen molar-refractivity contribution in [2.45, 2.75) is 5.75 Å². The summed E-state index contributed by atoms with van der Waals surface area (Å²) < 4.78 is 27.5. The number of sulfone groups is 1. The summed E-state index contributed by atoms with van der Waals surface area (Å²) in [5.41, 5.74) is 2.08. The first kappa shape index (κ1) is 14.7. The van der Waals surface area contributed by atoms with E-state index in [1.165, 1.54) is 0 Å². The van der Waals surface area contributed by atoms with Crippen LogP contribution in [-0.4, -0.2) is 35.0 Å². The number of rotatable bonds is 4.